The predicted molar refractivity (Wildman–Crippen MR) is 57.3 cm³/mol. The molecule has 0 spiro atoms. The van der Waals surface area contributed by atoms with E-state index in [9.17, 15) is 8.42 Å². The van der Waals surface area contributed by atoms with E-state index in [1.807, 2.05) is 0 Å². The minimum Gasteiger partial charge on any atom is -0.392 e. The fraction of sp³-hybridized carbons (Fsp3) is 0.500. The molecule has 1 aromatic rings. The Kier molecular flexibility index (Phi) is 4.68. The summed E-state index contributed by atoms with van der Waals surface area (Å²) in [4.78, 5) is 0. The largest absolute Gasteiger partial charge is 0.392 e. The first-order valence-corrected chi connectivity index (χ1v) is 6.64. The van der Waals surface area contributed by atoms with Crippen molar-refractivity contribution in [3.05, 3.63) is 17.0 Å². The van der Waals surface area contributed by atoms with Gasteiger partial charge in [-0.2, -0.15) is 0 Å². The number of aliphatic hydroxyl groups is 1. The lowest BCUT2D eigenvalue weighted by molar-refractivity contribution is 0.204. The second-order valence-corrected chi connectivity index (χ2v) is 5.66. The van der Waals surface area contributed by atoms with Crippen LogP contribution < -0.4 is 4.72 Å². The van der Waals surface area contributed by atoms with Crippen LogP contribution in [0.25, 0.3) is 0 Å². The van der Waals surface area contributed by atoms with Gasteiger partial charge in [-0.1, -0.05) is 0 Å². The summed E-state index contributed by atoms with van der Waals surface area (Å²) in [6, 6.07) is 1.59. The Bertz CT molecular complexity index is 399. The van der Waals surface area contributed by atoms with Gasteiger partial charge in [0.25, 0.3) is 0 Å². The molecule has 1 rings (SSSR count). The molecule has 0 radical (unpaired) electrons. The lowest BCUT2D eigenvalue weighted by atomic mass is 10.4. The van der Waals surface area contributed by atoms with Crippen LogP contribution in [-0.2, 0) is 21.4 Å². The molecule has 15 heavy (non-hydrogen) atoms. The van der Waals surface area contributed by atoms with E-state index in [1.54, 1.807) is 11.4 Å². The van der Waals surface area contributed by atoms with Crippen molar-refractivity contribution < 1.29 is 18.3 Å². The molecule has 0 aliphatic rings. The smallest absolute Gasteiger partial charge is 0.250 e. The number of hydrogen-bond donors (Lipinski definition) is 2. The second-order valence-electron chi connectivity index (χ2n) is 2.78. The Hall–Kier alpha value is -0.470. The highest BCUT2D eigenvalue weighted by molar-refractivity contribution is 7.91. The van der Waals surface area contributed by atoms with E-state index in [0.717, 1.165) is 11.3 Å². The monoisotopic (exact) mass is 251 g/mol. The van der Waals surface area contributed by atoms with E-state index >= 15 is 0 Å². The summed E-state index contributed by atoms with van der Waals surface area (Å²) in [6.07, 6.45) is 0. The topological polar surface area (TPSA) is 75.6 Å². The summed E-state index contributed by atoms with van der Waals surface area (Å²) < 4.78 is 30.7. The highest BCUT2D eigenvalue weighted by Crippen LogP contribution is 2.22. The molecule has 1 heterocycles. The van der Waals surface area contributed by atoms with Crippen LogP contribution in [0.1, 0.15) is 5.56 Å². The number of aliphatic hydroxyl groups excluding tert-OH is 1. The van der Waals surface area contributed by atoms with E-state index < -0.39 is 10.0 Å². The maximum Gasteiger partial charge on any atom is 0.250 e. The van der Waals surface area contributed by atoms with Crippen molar-refractivity contribution in [3.8, 4) is 0 Å². The van der Waals surface area contributed by atoms with E-state index in [-0.39, 0.29) is 17.4 Å². The summed E-state index contributed by atoms with van der Waals surface area (Å²) in [5, 5.41) is 10.6. The Morgan fingerprint density at radius 3 is 2.93 bits per heavy atom. The lowest BCUT2D eigenvalue weighted by Crippen LogP contribution is -2.27. The van der Waals surface area contributed by atoms with Crippen LogP contribution in [-0.4, -0.2) is 33.8 Å². The molecule has 0 aromatic carbocycles. The van der Waals surface area contributed by atoms with Crippen molar-refractivity contribution in [2.45, 2.75) is 10.8 Å². The SMILES string of the molecule is COCCNS(=O)(=O)c1sccc1CO. The van der Waals surface area contributed by atoms with E-state index in [2.05, 4.69) is 4.72 Å². The van der Waals surface area contributed by atoms with Crippen LogP contribution in [0.3, 0.4) is 0 Å². The zero-order valence-electron chi connectivity index (χ0n) is 8.26. The average Bonchev–Trinajstić information content (AvgIpc) is 2.66. The molecular formula is C8H13NO4S2. The molecule has 5 nitrogen and oxygen atoms in total. The first kappa shape index (κ1) is 12.6. The minimum atomic E-state index is -3.50. The Labute approximate surface area is 92.7 Å². The Morgan fingerprint density at radius 1 is 1.60 bits per heavy atom. The zero-order valence-corrected chi connectivity index (χ0v) is 9.90. The fourth-order valence-electron chi connectivity index (χ4n) is 1.02. The van der Waals surface area contributed by atoms with Crippen molar-refractivity contribution in [1.29, 1.82) is 0 Å². The average molecular weight is 251 g/mol. The molecule has 1 aromatic heterocycles. The predicted octanol–water partition coefficient (Wildman–Crippen LogP) is 0.165. The molecular weight excluding hydrogens is 238 g/mol. The van der Waals surface area contributed by atoms with Crippen LogP contribution in [0.4, 0.5) is 0 Å². The standard InChI is InChI=1S/C8H13NO4S2/c1-13-4-3-9-15(11,12)8-7(6-10)2-5-14-8/h2,5,9-10H,3-4,6H2,1H3. The van der Waals surface area contributed by atoms with Gasteiger partial charge in [0, 0.05) is 19.2 Å². The molecule has 0 fully saturated rings. The number of ether oxygens (including phenoxy) is 1. The van der Waals surface area contributed by atoms with Gasteiger partial charge >= 0.3 is 0 Å². The quantitative estimate of drug-likeness (QED) is 0.706. The first-order valence-electron chi connectivity index (χ1n) is 4.27. The third-order valence-electron chi connectivity index (χ3n) is 1.72. The molecule has 2 N–H and O–H groups in total. The van der Waals surface area contributed by atoms with Gasteiger partial charge < -0.3 is 9.84 Å². The van der Waals surface area contributed by atoms with Crippen molar-refractivity contribution in [2.75, 3.05) is 20.3 Å². The summed E-state index contributed by atoms with van der Waals surface area (Å²) in [6.45, 7) is 0.269. The van der Waals surface area contributed by atoms with Gasteiger partial charge in [-0.05, 0) is 11.4 Å². The molecule has 86 valence electrons. The zero-order chi connectivity index (χ0) is 11.3. The van der Waals surface area contributed by atoms with Crippen molar-refractivity contribution >= 4 is 21.4 Å². The minimum absolute atomic E-state index is 0.168. The van der Waals surface area contributed by atoms with Gasteiger partial charge in [0.15, 0.2) is 0 Å². The van der Waals surface area contributed by atoms with Gasteiger partial charge in [0.1, 0.15) is 4.21 Å². The van der Waals surface area contributed by atoms with Crippen molar-refractivity contribution in [2.24, 2.45) is 0 Å². The molecule has 0 aliphatic carbocycles. The van der Waals surface area contributed by atoms with Crippen molar-refractivity contribution in [3.63, 3.8) is 0 Å². The normalized spacial score (nSPS) is 11.9. The van der Waals surface area contributed by atoms with E-state index in [4.69, 9.17) is 9.84 Å². The highest BCUT2D eigenvalue weighted by atomic mass is 32.2. The number of sulfonamides is 1. The second kappa shape index (κ2) is 5.57. The van der Waals surface area contributed by atoms with Gasteiger partial charge in [-0.25, -0.2) is 13.1 Å². The van der Waals surface area contributed by atoms with Gasteiger partial charge in [0.2, 0.25) is 10.0 Å². The van der Waals surface area contributed by atoms with Gasteiger partial charge in [0.05, 0.1) is 13.2 Å². The van der Waals surface area contributed by atoms with Gasteiger partial charge in [-0.15, -0.1) is 11.3 Å². The fourth-order valence-corrected chi connectivity index (χ4v) is 3.47. The summed E-state index contributed by atoms with van der Waals surface area (Å²) in [5.41, 5.74) is 0.421. The molecule has 7 heteroatoms. The van der Waals surface area contributed by atoms with Gasteiger partial charge in [-0.3, -0.25) is 0 Å². The number of nitrogens with one attached hydrogen (secondary N) is 1. The van der Waals surface area contributed by atoms with Crippen LogP contribution in [0.2, 0.25) is 0 Å². The van der Waals surface area contributed by atoms with Crippen molar-refractivity contribution in [1.82, 2.24) is 4.72 Å². The van der Waals surface area contributed by atoms with Crippen LogP contribution in [0.5, 0.6) is 0 Å². The maximum atomic E-state index is 11.7. The molecule has 0 aliphatic heterocycles. The van der Waals surface area contributed by atoms with E-state index in [1.165, 1.54) is 7.11 Å². The third kappa shape index (κ3) is 3.25. The molecule has 0 unspecified atom stereocenters. The lowest BCUT2D eigenvalue weighted by Gasteiger charge is -2.05. The number of methoxy groups -OCH3 is 1. The molecule has 0 saturated carbocycles. The van der Waals surface area contributed by atoms with E-state index in [0.29, 0.717) is 12.2 Å². The summed E-state index contributed by atoms with van der Waals surface area (Å²) in [7, 11) is -2.00. The number of hydrogen-bond acceptors (Lipinski definition) is 5. The van der Waals surface area contributed by atoms with Crippen LogP contribution in [0.15, 0.2) is 15.7 Å². The molecule has 0 bridgehead atoms. The third-order valence-corrected chi connectivity index (χ3v) is 4.75. The molecule has 0 saturated heterocycles. The highest BCUT2D eigenvalue weighted by Gasteiger charge is 2.18. The first-order chi connectivity index (χ1) is 7.11. The van der Waals surface area contributed by atoms with Crippen LogP contribution in [0, 0.1) is 0 Å². The summed E-state index contributed by atoms with van der Waals surface area (Å²) in [5.74, 6) is 0. The number of thiophene rings is 1. The maximum absolute atomic E-state index is 11.7. The molecule has 0 amide bonds. The number of rotatable bonds is 6. The van der Waals surface area contributed by atoms with Crippen LogP contribution >= 0.6 is 11.3 Å². The Balaban J connectivity index is 2.77. The Morgan fingerprint density at radius 2 is 2.33 bits per heavy atom. The molecule has 0 atom stereocenters. The summed E-state index contributed by atoms with van der Waals surface area (Å²) >= 11 is 1.09.